The van der Waals surface area contributed by atoms with E-state index in [-0.39, 0.29) is 5.56 Å². The van der Waals surface area contributed by atoms with Gasteiger partial charge in [-0.15, -0.1) is 6.58 Å². The molecule has 0 saturated heterocycles. The molecular formula is C17H17N3O3S. The molecule has 3 N–H and O–H groups in total. The maximum atomic E-state index is 11.1. The second-order valence-corrected chi connectivity index (χ2v) is 5.31. The lowest BCUT2D eigenvalue weighted by Crippen LogP contribution is -2.31. The molecule has 2 rings (SSSR count). The summed E-state index contributed by atoms with van der Waals surface area (Å²) in [4.78, 5) is 11.1. The van der Waals surface area contributed by atoms with E-state index in [1.54, 1.807) is 36.4 Å². The van der Waals surface area contributed by atoms with Crippen LogP contribution in [0.25, 0.3) is 11.3 Å². The summed E-state index contributed by atoms with van der Waals surface area (Å²) in [5.41, 5.74) is 4.51. The average Bonchev–Trinajstić information content (AvgIpc) is 3.01. The molecule has 0 aliphatic rings. The molecule has 0 atom stereocenters. The second-order valence-electron chi connectivity index (χ2n) is 4.91. The summed E-state index contributed by atoms with van der Waals surface area (Å²) in [7, 11) is 0. The van der Waals surface area contributed by atoms with Crippen molar-refractivity contribution in [1.82, 2.24) is 10.7 Å². The van der Waals surface area contributed by atoms with Crippen molar-refractivity contribution in [3.63, 3.8) is 0 Å². The predicted molar refractivity (Wildman–Crippen MR) is 97.4 cm³/mol. The lowest BCUT2D eigenvalue weighted by Gasteiger charge is -2.04. The number of nitrogens with one attached hydrogen (secondary N) is 2. The molecule has 0 bridgehead atoms. The smallest absolute Gasteiger partial charge is 0.335 e. The highest BCUT2D eigenvalue weighted by Crippen LogP contribution is 2.26. The molecule has 1 aromatic heterocycles. The van der Waals surface area contributed by atoms with E-state index in [0.29, 0.717) is 23.2 Å². The molecule has 0 radical (unpaired) electrons. The largest absolute Gasteiger partial charge is 0.478 e. The molecular weight excluding hydrogens is 326 g/mol. The van der Waals surface area contributed by atoms with E-state index < -0.39 is 5.97 Å². The van der Waals surface area contributed by atoms with Crippen LogP contribution in [0, 0.1) is 6.92 Å². The quantitative estimate of drug-likeness (QED) is 0.324. The van der Waals surface area contributed by atoms with Gasteiger partial charge in [-0.3, -0.25) is 5.43 Å². The third kappa shape index (κ3) is 4.53. The van der Waals surface area contributed by atoms with Gasteiger partial charge in [-0.05, 0) is 49.0 Å². The first-order chi connectivity index (χ1) is 11.5. The van der Waals surface area contributed by atoms with Crippen molar-refractivity contribution in [2.24, 2.45) is 5.10 Å². The van der Waals surface area contributed by atoms with Gasteiger partial charge in [-0.1, -0.05) is 12.1 Å². The van der Waals surface area contributed by atoms with Gasteiger partial charge in [0.2, 0.25) is 0 Å². The molecule has 1 heterocycles. The molecule has 0 spiro atoms. The molecule has 0 saturated carbocycles. The molecule has 1 aromatic carbocycles. The SMILES string of the molecule is C=CCNC(=S)N/N=C/c1ccc(-c2cc(C(=O)O)ccc2C)o1. The van der Waals surface area contributed by atoms with E-state index >= 15 is 0 Å². The highest BCUT2D eigenvalue weighted by molar-refractivity contribution is 7.80. The van der Waals surface area contributed by atoms with E-state index in [9.17, 15) is 4.79 Å². The van der Waals surface area contributed by atoms with E-state index in [1.807, 2.05) is 6.92 Å². The molecule has 0 amide bonds. The van der Waals surface area contributed by atoms with Gasteiger partial charge in [-0.25, -0.2) is 4.79 Å². The lowest BCUT2D eigenvalue weighted by atomic mass is 10.0. The Morgan fingerprint density at radius 3 is 2.92 bits per heavy atom. The van der Waals surface area contributed by atoms with Gasteiger partial charge in [0.05, 0.1) is 11.8 Å². The number of hydrogen-bond donors (Lipinski definition) is 3. The normalized spacial score (nSPS) is 10.5. The van der Waals surface area contributed by atoms with Gasteiger partial charge in [0.25, 0.3) is 0 Å². The summed E-state index contributed by atoms with van der Waals surface area (Å²) in [6.07, 6.45) is 3.17. The standard InChI is InChI=1S/C17H17N3O3S/c1-3-8-18-17(24)20-19-10-13-6-7-15(23-13)14-9-12(16(21)22)5-4-11(14)2/h3-7,9-10H,1,8H2,2H3,(H,21,22)(H2,18,20,24)/b19-10+. The molecule has 0 unspecified atom stereocenters. The first-order valence-corrected chi connectivity index (χ1v) is 7.54. The van der Waals surface area contributed by atoms with Crippen LogP contribution in [0.5, 0.6) is 0 Å². The molecule has 6 nitrogen and oxygen atoms in total. The van der Waals surface area contributed by atoms with Crippen LogP contribution in [0.15, 0.2) is 52.5 Å². The minimum Gasteiger partial charge on any atom is -0.478 e. The van der Waals surface area contributed by atoms with Gasteiger partial charge in [0.1, 0.15) is 11.5 Å². The number of thiocarbonyl (C=S) groups is 1. The predicted octanol–water partition coefficient (Wildman–Crippen LogP) is 2.94. The summed E-state index contributed by atoms with van der Waals surface area (Å²) in [5, 5.41) is 16.3. The lowest BCUT2D eigenvalue weighted by molar-refractivity contribution is 0.0697. The van der Waals surface area contributed by atoms with Gasteiger partial charge in [0.15, 0.2) is 5.11 Å². The van der Waals surface area contributed by atoms with Crippen molar-refractivity contribution in [3.8, 4) is 11.3 Å². The molecule has 0 fully saturated rings. The highest BCUT2D eigenvalue weighted by atomic mass is 32.1. The number of aryl methyl sites for hydroxylation is 1. The molecule has 0 aliphatic carbocycles. The Morgan fingerprint density at radius 2 is 2.21 bits per heavy atom. The van der Waals surface area contributed by atoms with Crippen LogP contribution in [0.4, 0.5) is 0 Å². The van der Waals surface area contributed by atoms with Crippen molar-refractivity contribution < 1.29 is 14.3 Å². The van der Waals surface area contributed by atoms with Crippen LogP contribution in [-0.2, 0) is 0 Å². The Kier molecular flexibility index (Phi) is 5.86. The third-order valence-corrected chi connectivity index (χ3v) is 3.38. The van der Waals surface area contributed by atoms with Crippen molar-refractivity contribution >= 4 is 29.5 Å². The fourth-order valence-corrected chi connectivity index (χ4v) is 2.08. The van der Waals surface area contributed by atoms with Crippen LogP contribution in [0.3, 0.4) is 0 Å². The van der Waals surface area contributed by atoms with Crippen molar-refractivity contribution in [3.05, 3.63) is 59.9 Å². The molecule has 2 aromatic rings. The number of nitrogens with zero attached hydrogens (tertiary/aromatic N) is 1. The molecule has 24 heavy (non-hydrogen) atoms. The van der Waals surface area contributed by atoms with E-state index in [1.165, 1.54) is 6.21 Å². The van der Waals surface area contributed by atoms with Crippen LogP contribution in [0.1, 0.15) is 21.7 Å². The first-order valence-electron chi connectivity index (χ1n) is 7.13. The van der Waals surface area contributed by atoms with E-state index in [2.05, 4.69) is 22.4 Å². The zero-order chi connectivity index (χ0) is 17.5. The van der Waals surface area contributed by atoms with Crippen LogP contribution >= 0.6 is 12.2 Å². The van der Waals surface area contributed by atoms with Gasteiger partial charge in [-0.2, -0.15) is 5.10 Å². The molecule has 0 aliphatic heterocycles. The molecule has 124 valence electrons. The summed E-state index contributed by atoms with van der Waals surface area (Å²) >= 11 is 5.00. The van der Waals surface area contributed by atoms with Crippen LogP contribution in [0.2, 0.25) is 0 Å². The third-order valence-electron chi connectivity index (χ3n) is 3.14. The Labute approximate surface area is 144 Å². The topological polar surface area (TPSA) is 86.9 Å². The number of carboxylic acid groups (broad SMARTS) is 1. The fourth-order valence-electron chi connectivity index (χ4n) is 1.95. The summed E-state index contributed by atoms with van der Waals surface area (Å²) in [6.45, 7) is 6.01. The molecule has 7 heteroatoms. The van der Waals surface area contributed by atoms with E-state index in [4.69, 9.17) is 21.7 Å². The number of carboxylic acids is 1. The summed E-state index contributed by atoms with van der Waals surface area (Å²) < 4.78 is 5.69. The monoisotopic (exact) mass is 343 g/mol. The van der Waals surface area contributed by atoms with Crippen LogP contribution in [-0.4, -0.2) is 28.9 Å². The first kappa shape index (κ1) is 17.4. The zero-order valence-electron chi connectivity index (χ0n) is 13.1. The summed E-state index contributed by atoms with van der Waals surface area (Å²) in [5.74, 6) is 0.114. The van der Waals surface area contributed by atoms with Gasteiger partial charge >= 0.3 is 5.97 Å². The average molecular weight is 343 g/mol. The second kappa shape index (κ2) is 8.07. The van der Waals surface area contributed by atoms with Crippen molar-refractivity contribution in [2.75, 3.05) is 6.54 Å². The Morgan fingerprint density at radius 1 is 1.42 bits per heavy atom. The number of aromatic carboxylic acids is 1. The number of benzene rings is 1. The Bertz CT molecular complexity index is 796. The number of furan rings is 1. The minimum absolute atomic E-state index is 0.211. The fraction of sp³-hybridized carbons (Fsp3) is 0.118. The van der Waals surface area contributed by atoms with Crippen molar-refractivity contribution in [2.45, 2.75) is 6.92 Å². The Hall–Kier alpha value is -2.93. The minimum atomic E-state index is -0.977. The maximum Gasteiger partial charge on any atom is 0.335 e. The maximum absolute atomic E-state index is 11.1. The number of carbonyl (C=O) groups is 1. The number of hydrogen-bond acceptors (Lipinski definition) is 4. The number of hydrazone groups is 1. The van der Waals surface area contributed by atoms with E-state index in [0.717, 1.165) is 11.1 Å². The van der Waals surface area contributed by atoms with Gasteiger partial charge < -0.3 is 14.8 Å². The number of rotatable bonds is 6. The Balaban J connectivity index is 2.11. The highest BCUT2D eigenvalue weighted by Gasteiger charge is 2.11. The summed E-state index contributed by atoms with van der Waals surface area (Å²) in [6, 6.07) is 8.41. The van der Waals surface area contributed by atoms with Crippen molar-refractivity contribution in [1.29, 1.82) is 0 Å². The van der Waals surface area contributed by atoms with Crippen LogP contribution < -0.4 is 10.7 Å². The van der Waals surface area contributed by atoms with Gasteiger partial charge in [0, 0.05) is 12.1 Å². The zero-order valence-corrected chi connectivity index (χ0v) is 13.9.